The molecule has 4 rings (SSSR count). The lowest BCUT2D eigenvalue weighted by molar-refractivity contribution is -0.151. The van der Waals surface area contributed by atoms with Gasteiger partial charge in [0.1, 0.15) is 5.00 Å². The summed E-state index contributed by atoms with van der Waals surface area (Å²) in [5, 5.41) is 12.8. The predicted molar refractivity (Wildman–Crippen MR) is 95.4 cm³/mol. The van der Waals surface area contributed by atoms with Crippen molar-refractivity contribution in [2.24, 2.45) is 29.4 Å². The molecule has 25 heavy (non-hydrogen) atoms. The van der Waals surface area contributed by atoms with Crippen molar-refractivity contribution in [3.05, 3.63) is 28.7 Å². The van der Waals surface area contributed by atoms with Crippen LogP contribution in [0.1, 0.15) is 41.4 Å². The number of hydrogen-bond acceptors (Lipinski definition) is 4. The van der Waals surface area contributed by atoms with Crippen LogP contribution >= 0.6 is 11.3 Å². The third-order valence-electron chi connectivity index (χ3n) is 5.12. The summed E-state index contributed by atoms with van der Waals surface area (Å²) in [5.74, 6) is -3.36. The number of allylic oxidation sites excluding steroid dienone is 2. The molecule has 134 valence electrons. The van der Waals surface area contributed by atoms with Crippen LogP contribution in [0.4, 0.5) is 5.00 Å². The number of carbonyl (C=O) groups excluding carboxylic acids is 2. The second kappa shape index (κ2) is 7.00. The van der Waals surface area contributed by atoms with Crippen LogP contribution in [0.5, 0.6) is 0 Å². The second-order valence-corrected chi connectivity index (χ2v) is 7.88. The molecule has 7 heteroatoms. The number of rotatable bonds is 6. The first kappa shape index (κ1) is 17.7. The highest BCUT2D eigenvalue weighted by Crippen LogP contribution is 2.45. The molecule has 1 fully saturated rings. The Bertz CT molecular complexity index is 739. The number of nitrogens with one attached hydrogen (secondary N) is 1. The van der Waals surface area contributed by atoms with E-state index in [0.717, 1.165) is 30.6 Å². The summed E-state index contributed by atoms with van der Waals surface area (Å²) in [5.41, 5.74) is 5.72. The second-order valence-electron chi connectivity index (χ2n) is 6.74. The molecule has 3 aliphatic carbocycles. The molecule has 1 heterocycles. The molecule has 1 saturated carbocycles. The molecule has 1 aromatic heterocycles. The number of carboxylic acid groups (broad SMARTS) is 1. The van der Waals surface area contributed by atoms with E-state index in [4.69, 9.17) is 5.73 Å². The number of primary amides is 1. The summed E-state index contributed by atoms with van der Waals surface area (Å²) in [7, 11) is 0. The molecular weight excluding hydrogens is 340 g/mol. The number of carbonyl (C=O) groups is 3. The fraction of sp³-hybridized carbons (Fsp3) is 0.500. The van der Waals surface area contributed by atoms with E-state index >= 15 is 0 Å². The Kier molecular flexibility index (Phi) is 4.94. The van der Waals surface area contributed by atoms with Crippen molar-refractivity contribution in [3.63, 3.8) is 0 Å². The number of aryl methyl sites for hydroxylation is 1. The van der Waals surface area contributed by atoms with Crippen LogP contribution in [0, 0.1) is 23.7 Å². The number of amides is 2. The summed E-state index contributed by atoms with van der Waals surface area (Å²) in [6, 6.07) is 1.72. The molecular formula is C18H22N2O4S. The summed E-state index contributed by atoms with van der Waals surface area (Å²) in [6.45, 7) is 2.03. The summed E-state index contributed by atoms with van der Waals surface area (Å²) >= 11 is 1.34. The molecule has 4 atom stereocenters. The van der Waals surface area contributed by atoms with Crippen LogP contribution in [0.15, 0.2) is 18.2 Å². The Hall–Kier alpha value is -2.15. The highest BCUT2D eigenvalue weighted by Gasteiger charge is 2.48. The Balaban J connectivity index is 1.85. The Morgan fingerprint density at radius 1 is 1.24 bits per heavy atom. The van der Waals surface area contributed by atoms with E-state index in [2.05, 4.69) is 5.32 Å². The van der Waals surface area contributed by atoms with Crippen molar-refractivity contribution in [1.82, 2.24) is 0 Å². The average molecular weight is 362 g/mol. The van der Waals surface area contributed by atoms with Crippen molar-refractivity contribution >= 4 is 34.1 Å². The lowest BCUT2D eigenvalue weighted by Crippen LogP contribution is -2.47. The number of aliphatic carboxylic acids is 1. The quantitative estimate of drug-likeness (QED) is 0.676. The SMILES string of the molecule is CCCc1cc(C(N)=O)c(NC(=O)[C@@H]2[C@H](C(=O)O)[C@H]3C=C[C@H]2CC3)s1. The first-order valence-corrected chi connectivity index (χ1v) is 9.38. The van der Waals surface area contributed by atoms with Gasteiger partial charge < -0.3 is 16.2 Å². The fourth-order valence-electron chi connectivity index (χ4n) is 3.97. The van der Waals surface area contributed by atoms with Gasteiger partial charge in [0, 0.05) is 4.88 Å². The summed E-state index contributed by atoms with van der Waals surface area (Å²) < 4.78 is 0. The number of anilines is 1. The molecule has 0 aromatic carbocycles. The minimum atomic E-state index is -0.938. The van der Waals surface area contributed by atoms with E-state index in [1.807, 2.05) is 19.1 Å². The van der Waals surface area contributed by atoms with Crippen LogP contribution in [-0.4, -0.2) is 22.9 Å². The van der Waals surface area contributed by atoms with E-state index in [-0.39, 0.29) is 17.7 Å². The maximum Gasteiger partial charge on any atom is 0.307 e. The van der Waals surface area contributed by atoms with Gasteiger partial charge in [-0.3, -0.25) is 14.4 Å². The minimum absolute atomic E-state index is 0.0711. The Morgan fingerprint density at radius 2 is 1.88 bits per heavy atom. The maximum absolute atomic E-state index is 12.9. The summed E-state index contributed by atoms with van der Waals surface area (Å²) in [6.07, 6.45) is 7.23. The highest BCUT2D eigenvalue weighted by molar-refractivity contribution is 7.16. The topological polar surface area (TPSA) is 109 Å². The van der Waals surface area contributed by atoms with Crippen molar-refractivity contribution in [2.45, 2.75) is 32.6 Å². The summed E-state index contributed by atoms with van der Waals surface area (Å²) in [4.78, 5) is 37.2. The van der Waals surface area contributed by atoms with Gasteiger partial charge >= 0.3 is 5.97 Å². The molecule has 2 amide bonds. The van der Waals surface area contributed by atoms with E-state index < -0.39 is 23.7 Å². The zero-order valence-electron chi connectivity index (χ0n) is 14.0. The molecule has 0 unspecified atom stereocenters. The van der Waals surface area contributed by atoms with Gasteiger partial charge in [-0.2, -0.15) is 0 Å². The zero-order valence-corrected chi connectivity index (χ0v) is 14.8. The molecule has 3 aliphatic rings. The predicted octanol–water partition coefficient (Wildman–Crippen LogP) is 2.65. The Labute approximate surface area is 150 Å². The van der Waals surface area contributed by atoms with Gasteiger partial charge in [-0.25, -0.2) is 0 Å². The van der Waals surface area contributed by atoms with Crippen molar-refractivity contribution in [1.29, 1.82) is 0 Å². The molecule has 0 spiro atoms. The molecule has 4 N–H and O–H groups in total. The van der Waals surface area contributed by atoms with Gasteiger partial charge in [0.25, 0.3) is 5.91 Å². The smallest absolute Gasteiger partial charge is 0.307 e. The van der Waals surface area contributed by atoms with Gasteiger partial charge in [0.2, 0.25) is 5.91 Å². The van der Waals surface area contributed by atoms with Crippen LogP contribution in [0.2, 0.25) is 0 Å². The number of nitrogens with two attached hydrogens (primary N) is 1. The molecule has 0 radical (unpaired) electrons. The maximum atomic E-state index is 12.9. The van der Waals surface area contributed by atoms with Gasteiger partial charge in [0.15, 0.2) is 0 Å². The first-order valence-electron chi connectivity index (χ1n) is 8.56. The molecule has 0 saturated heterocycles. The largest absolute Gasteiger partial charge is 0.481 e. The van der Waals surface area contributed by atoms with Crippen molar-refractivity contribution in [3.8, 4) is 0 Å². The number of carboxylic acids is 1. The van der Waals surface area contributed by atoms with Crippen molar-refractivity contribution < 1.29 is 19.5 Å². The van der Waals surface area contributed by atoms with Crippen LogP contribution in [0.25, 0.3) is 0 Å². The minimum Gasteiger partial charge on any atom is -0.481 e. The average Bonchev–Trinajstić information content (AvgIpc) is 2.98. The normalized spacial score (nSPS) is 27.2. The number of hydrogen-bond donors (Lipinski definition) is 3. The molecule has 6 nitrogen and oxygen atoms in total. The first-order chi connectivity index (χ1) is 11.9. The molecule has 0 aliphatic heterocycles. The van der Waals surface area contributed by atoms with E-state index in [1.54, 1.807) is 6.07 Å². The number of fused-ring (bicyclic) bond motifs is 2. The van der Waals surface area contributed by atoms with Crippen molar-refractivity contribution in [2.75, 3.05) is 5.32 Å². The van der Waals surface area contributed by atoms with Gasteiger partial charge in [-0.05, 0) is 37.2 Å². The highest BCUT2D eigenvalue weighted by atomic mass is 32.1. The lowest BCUT2D eigenvalue weighted by atomic mass is 9.62. The van der Waals surface area contributed by atoms with Crippen LogP contribution < -0.4 is 11.1 Å². The molecule has 2 bridgehead atoms. The third kappa shape index (κ3) is 3.33. The standard InChI is InChI=1S/C18H22N2O4S/c1-2-3-11-8-12(15(19)21)17(25-11)20-16(22)13-9-4-6-10(7-5-9)14(13)18(23)24/h4,6,8-10,13-14H,2-3,5,7H2,1H3,(H2,19,21)(H,20,22)(H,23,24)/t9-,10-,13-,14+/m0/s1. The zero-order chi connectivity index (χ0) is 18.1. The third-order valence-corrected chi connectivity index (χ3v) is 6.23. The van der Waals surface area contributed by atoms with Crippen LogP contribution in [0.3, 0.4) is 0 Å². The van der Waals surface area contributed by atoms with E-state index in [9.17, 15) is 19.5 Å². The van der Waals surface area contributed by atoms with Gasteiger partial charge in [-0.15, -0.1) is 11.3 Å². The molecule has 1 aromatic rings. The van der Waals surface area contributed by atoms with Crippen LogP contribution in [-0.2, 0) is 16.0 Å². The lowest BCUT2D eigenvalue weighted by Gasteiger charge is -2.41. The van der Waals surface area contributed by atoms with Gasteiger partial charge in [0.05, 0.1) is 17.4 Å². The number of thiophene rings is 1. The monoisotopic (exact) mass is 362 g/mol. The van der Waals surface area contributed by atoms with E-state index in [0.29, 0.717) is 10.6 Å². The van der Waals surface area contributed by atoms with E-state index in [1.165, 1.54) is 11.3 Å². The Morgan fingerprint density at radius 3 is 2.40 bits per heavy atom. The van der Waals surface area contributed by atoms with Gasteiger partial charge in [-0.1, -0.05) is 25.5 Å². The fourth-order valence-corrected chi connectivity index (χ4v) is 5.14.